The lowest BCUT2D eigenvalue weighted by molar-refractivity contribution is 0.0607. The zero-order chi connectivity index (χ0) is 14.7. The van der Waals surface area contributed by atoms with Gasteiger partial charge in [0.2, 0.25) is 0 Å². The SMILES string of the molecule is CCN1CCN(c2sc(C(=O)OC)c(N)c2SC)CC1. The molecule has 1 aromatic rings. The number of nitrogens with two attached hydrogens (primary N) is 1. The van der Waals surface area contributed by atoms with Gasteiger partial charge in [0.05, 0.1) is 17.7 Å². The van der Waals surface area contributed by atoms with Gasteiger partial charge in [-0.1, -0.05) is 6.92 Å². The first-order chi connectivity index (χ1) is 9.62. The summed E-state index contributed by atoms with van der Waals surface area (Å²) in [5.41, 5.74) is 6.66. The first-order valence-corrected chi connectivity index (χ1v) is 8.68. The van der Waals surface area contributed by atoms with E-state index in [2.05, 4.69) is 16.7 Å². The molecule has 0 aliphatic carbocycles. The van der Waals surface area contributed by atoms with E-state index in [0.717, 1.165) is 42.6 Å². The molecule has 0 spiro atoms. The molecule has 112 valence electrons. The van der Waals surface area contributed by atoms with E-state index in [1.54, 1.807) is 11.8 Å². The Hall–Kier alpha value is -0.920. The first-order valence-electron chi connectivity index (χ1n) is 6.64. The van der Waals surface area contributed by atoms with E-state index in [1.807, 2.05) is 6.26 Å². The smallest absolute Gasteiger partial charge is 0.350 e. The maximum absolute atomic E-state index is 11.8. The Kier molecular flexibility index (Phi) is 5.17. The summed E-state index contributed by atoms with van der Waals surface area (Å²) in [6.07, 6.45) is 1.99. The Bertz CT molecular complexity index is 482. The second kappa shape index (κ2) is 6.69. The van der Waals surface area contributed by atoms with Crippen LogP contribution >= 0.6 is 23.1 Å². The standard InChI is InChI=1S/C13H21N3O2S2/c1-4-15-5-7-16(8-6-15)12-10(19-3)9(14)11(20-12)13(17)18-2/h4-8,14H2,1-3H3. The Morgan fingerprint density at radius 3 is 2.55 bits per heavy atom. The predicted molar refractivity (Wildman–Crippen MR) is 86.2 cm³/mol. The van der Waals surface area contributed by atoms with Crippen LogP contribution in [0, 0.1) is 0 Å². The van der Waals surface area contributed by atoms with Gasteiger partial charge in [-0.25, -0.2) is 4.79 Å². The van der Waals surface area contributed by atoms with Crippen molar-refractivity contribution in [3.05, 3.63) is 4.88 Å². The van der Waals surface area contributed by atoms with E-state index >= 15 is 0 Å². The summed E-state index contributed by atoms with van der Waals surface area (Å²) in [5.74, 6) is -0.346. The third-order valence-electron chi connectivity index (χ3n) is 3.56. The minimum atomic E-state index is -0.346. The van der Waals surface area contributed by atoms with Crippen molar-refractivity contribution >= 4 is 39.8 Å². The van der Waals surface area contributed by atoms with Gasteiger partial charge in [-0.3, -0.25) is 0 Å². The fraction of sp³-hybridized carbons (Fsp3) is 0.615. The summed E-state index contributed by atoms with van der Waals surface area (Å²) in [4.78, 5) is 18.0. The number of esters is 1. The molecule has 0 atom stereocenters. The van der Waals surface area contributed by atoms with Gasteiger partial charge in [-0.2, -0.15) is 0 Å². The molecule has 1 aliphatic rings. The van der Waals surface area contributed by atoms with Crippen molar-refractivity contribution in [2.45, 2.75) is 11.8 Å². The summed E-state index contributed by atoms with van der Waals surface area (Å²) in [5, 5.41) is 1.10. The number of piperazine rings is 1. The summed E-state index contributed by atoms with van der Waals surface area (Å²) < 4.78 is 4.81. The zero-order valence-electron chi connectivity index (χ0n) is 12.1. The van der Waals surface area contributed by atoms with Crippen LogP contribution in [0.25, 0.3) is 0 Å². The highest BCUT2D eigenvalue weighted by molar-refractivity contribution is 7.99. The van der Waals surface area contributed by atoms with Crippen LogP contribution in [-0.2, 0) is 4.74 Å². The number of ether oxygens (including phenoxy) is 1. The minimum absolute atomic E-state index is 0.346. The second-order valence-corrected chi connectivity index (χ2v) is 6.41. The summed E-state index contributed by atoms with van der Waals surface area (Å²) in [6, 6.07) is 0. The number of likely N-dealkylation sites (N-methyl/N-ethyl adjacent to an activating group) is 1. The maximum atomic E-state index is 11.8. The Morgan fingerprint density at radius 2 is 2.05 bits per heavy atom. The van der Waals surface area contributed by atoms with Crippen molar-refractivity contribution in [3.63, 3.8) is 0 Å². The quantitative estimate of drug-likeness (QED) is 0.677. The fourth-order valence-corrected chi connectivity index (χ4v) is 4.48. The van der Waals surface area contributed by atoms with Crippen molar-refractivity contribution in [1.82, 2.24) is 4.90 Å². The lowest BCUT2D eigenvalue weighted by Crippen LogP contribution is -2.46. The maximum Gasteiger partial charge on any atom is 0.350 e. The van der Waals surface area contributed by atoms with Crippen LogP contribution in [0.3, 0.4) is 0 Å². The van der Waals surface area contributed by atoms with Crippen molar-refractivity contribution < 1.29 is 9.53 Å². The van der Waals surface area contributed by atoms with Gasteiger partial charge in [0.25, 0.3) is 0 Å². The monoisotopic (exact) mass is 315 g/mol. The van der Waals surface area contributed by atoms with Gasteiger partial charge in [-0.05, 0) is 12.8 Å². The molecule has 0 radical (unpaired) electrons. The number of hydrogen-bond donors (Lipinski definition) is 1. The number of methoxy groups -OCH3 is 1. The molecule has 1 saturated heterocycles. The number of thiophene rings is 1. The molecular weight excluding hydrogens is 294 g/mol. The highest BCUT2D eigenvalue weighted by Crippen LogP contribution is 2.44. The van der Waals surface area contributed by atoms with Gasteiger partial charge in [0.15, 0.2) is 0 Å². The number of hydrogen-bond acceptors (Lipinski definition) is 7. The van der Waals surface area contributed by atoms with Gasteiger partial charge in [-0.15, -0.1) is 23.1 Å². The first kappa shape index (κ1) is 15.5. The molecule has 20 heavy (non-hydrogen) atoms. The van der Waals surface area contributed by atoms with Gasteiger partial charge < -0.3 is 20.3 Å². The third kappa shape index (κ3) is 2.89. The minimum Gasteiger partial charge on any atom is -0.465 e. The highest BCUT2D eigenvalue weighted by Gasteiger charge is 2.26. The Balaban J connectivity index is 2.25. The number of nitrogens with zero attached hydrogens (tertiary/aromatic N) is 2. The van der Waals surface area contributed by atoms with E-state index in [4.69, 9.17) is 10.5 Å². The molecule has 1 fully saturated rings. The average Bonchev–Trinajstić information content (AvgIpc) is 2.83. The van der Waals surface area contributed by atoms with Crippen LogP contribution in [0.4, 0.5) is 10.7 Å². The molecule has 1 aliphatic heterocycles. The molecule has 1 aromatic heterocycles. The molecule has 0 unspecified atom stereocenters. The molecule has 0 amide bonds. The second-order valence-electron chi connectivity index (χ2n) is 4.60. The molecular formula is C13H21N3O2S2. The summed E-state index contributed by atoms with van der Waals surface area (Å²) in [6.45, 7) is 7.32. The number of carbonyl (C=O) groups is 1. The van der Waals surface area contributed by atoms with Crippen molar-refractivity contribution in [1.29, 1.82) is 0 Å². The van der Waals surface area contributed by atoms with Gasteiger partial charge in [0, 0.05) is 26.2 Å². The number of carbonyl (C=O) groups excluding carboxylic acids is 1. The topological polar surface area (TPSA) is 58.8 Å². The lowest BCUT2D eigenvalue weighted by Gasteiger charge is -2.35. The zero-order valence-corrected chi connectivity index (χ0v) is 13.8. The number of thioether (sulfide) groups is 1. The molecule has 2 rings (SSSR count). The summed E-state index contributed by atoms with van der Waals surface area (Å²) >= 11 is 3.04. The van der Waals surface area contributed by atoms with Crippen LogP contribution in [0.2, 0.25) is 0 Å². The van der Waals surface area contributed by atoms with Crippen LogP contribution in [-0.4, -0.2) is 57.0 Å². The van der Waals surface area contributed by atoms with Crippen LogP contribution in [0.1, 0.15) is 16.6 Å². The van der Waals surface area contributed by atoms with E-state index in [1.165, 1.54) is 18.4 Å². The van der Waals surface area contributed by atoms with Crippen LogP contribution in [0.15, 0.2) is 4.90 Å². The molecule has 0 saturated carbocycles. The van der Waals surface area contributed by atoms with Crippen molar-refractivity contribution in [3.8, 4) is 0 Å². The molecule has 5 nitrogen and oxygen atoms in total. The fourth-order valence-electron chi connectivity index (χ4n) is 2.33. The van der Waals surface area contributed by atoms with Crippen LogP contribution in [0.5, 0.6) is 0 Å². The highest BCUT2D eigenvalue weighted by atomic mass is 32.2. The van der Waals surface area contributed by atoms with E-state index < -0.39 is 0 Å². The van der Waals surface area contributed by atoms with Crippen molar-refractivity contribution in [2.75, 3.05) is 56.7 Å². The lowest BCUT2D eigenvalue weighted by atomic mass is 10.3. The van der Waals surface area contributed by atoms with E-state index in [9.17, 15) is 4.79 Å². The van der Waals surface area contributed by atoms with Crippen molar-refractivity contribution in [2.24, 2.45) is 0 Å². The number of nitrogen functional groups attached to an aromatic ring is 1. The Morgan fingerprint density at radius 1 is 1.40 bits per heavy atom. The molecule has 2 N–H and O–H groups in total. The van der Waals surface area contributed by atoms with Gasteiger partial charge in [0.1, 0.15) is 9.88 Å². The predicted octanol–water partition coefficient (Wildman–Crippen LogP) is 1.98. The molecule has 7 heteroatoms. The molecule has 0 bridgehead atoms. The largest absolute Gasteiger partial charge is 0.465 e. The molecule has 0 aromatic carbocycles. The number of anilines is 2. The average molecular weight is 315 g/mol. The normalized spacial score (nSPS) is 16.4. The van der Waals surface area contributed by atoms with E-state index in [-0.39, 0.29) is 5.97 Å². The Labute approximate surface area is 128 Å². The molecule has 2 heterocycles. The number of rotatable bonds is 4. The summed E-state index contributed by atoms with van der Waals surface area (Å²) in [7, 11) is 1.39. The van der Waals surface area contributed by atoms with Gasteiger partial charge >= 0.3 is 5.97 Å². The van der Waals surface area contributed by atoms with Crippen LogP contribution < -0.4 is 10.6 Å². The third-order valence-corrected chi connectivity index (χ3v) is 5.76. The van der Waals surface area contributed by atoms with E-state index in [0.29, 0.717) is 10.6 Å².